The predicted octanol–water partition coefficient (Wildman–Crippen LogP) is 3.38. The number of aromatic hydroxyl groups is 1. The number of phenols is 1. The number of nitrogens with zero attached hydrogens (tertiary/aromatic N) is 1. The molecule has 100 valence electrons. The number of amides is 1. The van der Waals surface area contributed by atoms with E-state index in [1.807, 2.05) is 12.3 Å². The minimum Gasteiger partial charge on any atom is -0.507 e. The number of carbonyl (C=O) groups excluding carboxylic acids is 1. The van der Waals surface area contributed by atoms with Crippen molar-refractivity contribution >= 4 is 28.8 Å². The molecule has 19 heavy (non-hydrogen) atoms. The van der Waals surface area contributed by atoms with Crippen LogP contribution < -0.4 is 5.32 Å². The highest BCUT2D eigenvalue weighted by Crippen LogP contribution is 2.24. The Hall–Kier alpha value is -1.59. The van der Waals surface area contributed by atoms with Crippen molar-refractivity contribution in [1.82, 2.24) is 10.3 Å². The SMILES string of the molecule is CCC(NC(=O)c1cc(Cl)ccc1O)c1nccs1. The molecule has 0 radical (unpaired) electrons. The van der Waals surface area contributed by atoms with Gasteiger partial charge in [-0.1, -0.05) is 18.5 Å². The standard InChI is InChI=1S/C13H13ClN2O2S/c1-2-10(13-15-5-6-19-13)16-12(18)9-7-8(14)3-4-11(9)17/h3-7,10,17H,2H2,1H3,(H,16,18). The number of benzene rings is 1. The highest BCUT2D eigenvalue weighted by Gasteiger charge is 2.18. The Morgan fingerprint density at radius 2 is 2.37 bits per heavy atom. The summed E-state index contributed by atoms with van der Waals surface area (Å²) in [6, 6.07) is 4.22. The zero-order valence-electron chi connectivity index (χ0n) is 10.3. The predicted molar refractivity (Wildman–Crippen MR) is 75.7 cm³/mol. The van der Waals surface area contributed by atoms with Crippen molar-refractivity contribution in [2.24, 2.45) is 0 Å². The van der Waals surface area contributed by atoms with E-state index in [9.17, 15) is 9.90 Å². The molecule has 1 heterocycles. The molecule has 2 rings (SSSR count). The fourth-order valence-corrected chi connectivity index (χ4v) is 2.62. The van der Waals surface area contributed by atoms with Gasteiger partial charge in [0.05, 0.1) is 11.6 Å². The van der Waals surface area contributed by atoms with Gasteiger partial charge in [0.15, 0.2) is 0 Å². The minimum absolute atomic E-state index is 0.0871. The molecule has 1 unspecified atom stereocenters. The summed E-state index contributed by atoms with van der Waals surface area (Å²) < 4.78 is 0. The molecule has 6 heteroatoms. The van der Waals surface area contributed by atoms with E-state index in [1.54, 1.807) is 6.20 Å². The summed E-state index contributed by atoms with van der Waals surface area (Å²) >= 11 is 7.32. The van der Waals surface area contributed by atoms with Crippen LogP contribution >= 0.6 is 22.9 Å². The molecule has 0 bridgehead atoms. The van der Waals surface area contributed by atoms with Crippen LogP contribution in [0.15, 0.2) is 29.8 Å². The molecule has 0 spiro atoms. The number of carbonyl (C=O) groups is 1. The maximum absolute atomic E-state index is 12.1. The summed E-state index contributed by atoms with van der Waals surface area (Å²) in [6.45, 7) is 1.96. The second-order valence-corrected chi connectivity index (χ2v) is 5.33. The second kappa shape index (κ2) is 6.04. The van der Waals surface area contributed by atoms with Gasteiger partial charge in [0, 0.05) is 16.6 Å². The van der Waals surface area contributed by atoms with E-state index in [0.717, 1.165) is 11.4 Å². The lowest BCUT2D eigenvalue weighted by atomic mass is 10.1. The van der Waals surface area contributed by atoms with Crippen LogP contribution in [0.2, 0.25) is 5.02 Å². The van der Waals surface area contributed by atoms with Gasteiger partial charge in [-0.05, 0) is 24.6 Å². The largest absolute Gasteiger partial charge is 0.507 e. The average Bonchev–Trinajstić information content (AvgIpc) is 2.92. The van der Waals surface area contributed by atoms with Crippen LogP contribution in [0.1, 0.15) is 34.8 Å². The van der Waals surface area contributed by atoms with Gasteiger partial charge in [0.1, 0.15) is 10.8 Å². The summed E-state index contributed by atoms with van der Waals surface area (Å²) in [7, 11) is 0. The topological polar surface area (TPSA) is 62.2 Å². The molecule has 1 aromatic heterocycles. The van der Waals surface area contributed by atoms with Crippen molar-refractivity contribution in [3.63, 3.8) is 0 Å². The lowest BCUT2D eigenvalue weighted by Gasteiger charge is -2.15. The normalized spacial score (nSPS) is 12.1. The van der Waals surface area contributed by atoms with Gasteiger partial charge >= 0.3 is 0 Å². The number of rotatable bonds is 4. The molecular formula is C13H13ClN2O2S. The third-order valence-electron chi connectivity index (χ3n) is 2.67. The fraction of sp³-hybridized carbons (Fsp3) is 0.231. The van der Waals surface area contributed by atoms with Gasteiger partial charge in [0.25, 0.3) is 5.91 Å². The van der Waals surface area contributed by atoms with E-state index in [0.29, 0.717) is 5.02 Å². The maximum Gasteiger partial charge on any atom is 0.255 e. The molecular weight excluding hydrogens is 284 g/mol. The monoisotopic (exact) mass is 296 g/mol. The van der Waals surface area contributed by atoms with Crippen molar-refractivity contribution in [3.8, 4) is 5.75 Å². The molecule has 0 aliphatic carbocycles. The number of thiazole rings is 1. The van der Waals surface area contributed by atoms with Gasteiger partial charge in [-0.2, -0.15) is 0 Å². The first-order valence-corrected chi connectivity index (χ1v) is 7.06. The van der Waals surface area contributed by atoms with E-state index >= 15 is 0 Å². The summed E-state index contributed by atoms with van der Waals surface area (Å²) in [6.07, 6.45) is 2.42. The van der Waals surface area contributed by atoms with Gasteiger partial charge in [-0.25, -0.2) is 4.98 Å². The molecule has 2 N–H and O–H groups in total. The van der Waals surface area contributed by atoms with Crippen LogP contribution in [0.3, 0.4) is 0 Å². The fourth-order valence-electron chi connectivity index (χ4n) is 1.67. The Balaban J connectivity index is 2.18. The Morgan fingerprint density at radius 1 is 1.58 bits per heavy atom. The van der Waals surface area contributed by atoms with Crippen LogP contribution in [0.4, 0.5) is 0 Å². The minimum atomic E-state index is -0.359. The lowest BCUT2D eigenvalue weighted by Crippen LogP contribution is -2.28. The van der Waals surface area contributed by atoms with Crippen LogP contribution in [0, 0.1) is 0 Å². The Bertz CT molecular complexity index is 572. The van der Waals surface area contributed by atoms with Crippen molar-refractivity contribution < 1.29 is 9.90 Å². The molecule has 0 fully saturated rings. The smallest absolute Gasteiger partial charge is 0.255 e. The van der Waals surface area contributed by atoms with Crippen LogP contribution in [-0.4, -0.2) is 16.0 Å². The van der Waals surface area contributed by atoms with E-state index in [2.05, 4.69) is 10.3 Å². The number of hydrogen-bond donors (Lipinski definition) is 2. The molecule has 0 saturated heterocycles. The number of phenolic OH excluding ortho intramolecular Hbond substituents is 1. The van der Waals surface area contributed by atoms with Crippen molar-refractivity contribution in [2.75, 3.05) is 0 Å². The lowest BCUT2D eigenvalue weighted by molar-refractivity contribution is 0.0933. The molecule has 1 amide bonds. The molecule has 0 aliphatic heterocycles. The van der Waals surface area contributed by atoms with E-state index < -0.39 is 0 Å². The van der Waals surface area contributed by atoms with Crippen molar-refractivity contribution in [2.45, 2.75) is 19.4 Å². The molecule has 2 aromatic rings. The third-order valence-corrected chi connectivity index (χ3v) is 3.79. The third kappa shape index (κ3) is 3.24. The van der Waals surface area contributed by atoms with Crippen LogP contribution in [0.25, 0.3) is 0 Å². The quantitative estimate of drug-likeness (QED) is 0.909. The highest BCUT2D eigenvalue weighted by molar-refractivity contribution is 7.09. The Labute approximate surface area is 120 Å². The molecule has 1 aromatic carbocycles. The maximum atomic E-state index is 12.1. The van der Waals surface area contributed by atoms with Gasteiger partial charge in [-0.15, -0.1) is 11.3 Å². The molecule has 0 aliphatic rings. The van der Waals surface area contributed by atoms with Crippen LogP contribution in [-0.2, 0) is 0 Å². The first-order chi connectivity index (χ1) is 9.11. The van der Waals surface area contributed by atoms with E-state index in [-0.39, 0.29) is 23.3 Å². The van der Waals surface area contributed by atoms with Gasteiger partial charge in [-0.3, -0.25) is 4.79 Å². The molecule has 4 nitrogen and oxygen atoms in total. The summed E-state index contributed by atoms with van der Waals surface area (Å²) in [5.41, 5.74) is 0.169. The average molecular weight is 297 g/mol. The first kappa shape index (κ1) is 13.8. The zero-order chi connectivity index (χ0) is 13.8. The number of aromatic nitrogens is 1. The molecule has 0 saturated carbocycles. The Kier molecular flexibility index (Phi) is 4.39. The Morgan fingerprint density at radius 3 is 3.00 bits per heavy atom. The van der Waals surface area contributed by atoms with Crippen molar-refractivity contribution in [3.05, 3.63) is 45.4 Å². The van der Waals surface area contributed by atoms with E-state index in [1.165, 1.54) is 29.5 Å². The first-order valence-electron chi connectivity index (χ1n) is 5.80. The van der Waals surface area contributed by atoms with Crippen molar-refractivity contribution in [1.29, 1.82) is 0 Å². The highest BCUT2D eigenvalue weighted by atomic mass is 35.5. The van der Waals surface area contributed by atoms with E-state index in [4.69, 9.17) is 11.6 Å². The summed E-state index contributed by atoms with van der Waals surface area (Å²) in [5, 5.41) is 15.6. The number of halogens is 1. The zero-order valence-corrected chi connectivity index (χ0v) is 11.8. The summed E-state index contributed by atoms with van der Waals surface area (Å²) in [4.78, 5) is 16.3. The number of nitrogens with one attached hydrogen (secondary N) is 1. The number of hydrogen-bond acceptors (Lipinski definition) is 4. The van der Waals surface area contributed by atoms with Gasteiger partial charge < -0.3 is 10.4 Å². The second-order valence-electron chi connectivity index (χ2n) is 3.97. The van der Waals surface area contributed by atoms with Gasteiger partial charge in [0.2, 0.25) is 0 Å². The molecule has 1 atom stereocenters. The summed E-state index contributed by atoms with van der Waals surface area (Å²) in [5.74, 6) is -0.446. The van der Waals surface area contributed by atoms with Crippen LogP contribution in [0.5, 0.6) is 5.75 Å².